The van der Waals surface area contributed by atoms with Crippen molar-refractivity contribution in [3.05, 3.63) is 29.8 Å². The molecule has 1 heterocycles. The van der Waals surface area contributed by atoms with Gasteiger partial charge in [0, 0.05) is 6.61 Å². The molecule has 2 rings (SSSR count). The molecule has 0 N–H and O–H groups in total. The topological polar surface area (TPSA) is 18.5 Å². The van der Waals surface area contributed by atoms with E-state index in [1.165, 1.54) is 18.4 Å². The molecular weight excluding hydrogens is 212 g/mol. The number of hydrogen-bond acceptors (Lipinski definition) is 2. The van der Waals surface area contributed by atoms with Gasteiger partial charge in [-0.15, -0.1) is 0 Å². The molecule has 94 valence electrons. The monoisotopic (exact) mass is 234 g/mol. The first-order chi connectivity index (χ1) is 8.25. The lowest BCUT2D eigenvalue weighted by Crippen LogP contribution is -2.25. The Labute approximate surface area is 104 Å². The summed E-state index contributed by atoms with van der Waals surface area (Å²) in [5.74, 6) is 1.51. The van der Waals surface area contributed by atoms with Crippen LogP contribution in [0.3, 0.4) is 0 Å². The van der Waals surface area contributed by atoms with Crippen LogP contribution in [0.5, 0.6) is 5.75 Å². The number of hydrogen-bond donors (Lipinski definition) is 0. The van der Waals surface area contributed by atoms with Gasteiger partial charge in [-0.3, -0.25) is 0 Å². The summed E-state index contributed by atoms with van der Waals surface area (Å²) >= 11 is 0. The van der Waals surface area contributed by atoms with Gasteiger partial charge in [-0.1, -0.05) is 26.0 Å². The average molecular weight is 234 g/mol. The molecule has 1 fully saturated rings. The summed E-state index contributed by atoms with van der Waals surface area (Å²) in [5.41, 5.74) is 1.33. The second kappa shape index (κ2) is 6.06. The maximum absolute atomic E-state index is 5.81. The van der Waals surface area contributed by atoms with Crippen molar-refractivity contribution in [3.8, 4) is 5.75 Å². The molecule has 0 aliphatic carbocycles. The number of rotatable bonds is 4. The molecule has 1 atom stereocenters. The van der Waals surface area contributed by atoms with Gasteiger partial charge in [-0.25, -0.2) is 0 Å². The first kappa shape index (κ1) is 12.4. The van der Waals surface area contributed by atoms with Gasteiger partial charge in [0.25, 0.3) is 0 Å². The summed E-state index contributed by atoms with van der Waals surface area (Å²) in [4.78, 5) is 0. The molecule has 1 aliphatic heterocycles. The predicted octanol–water partition coefficient (Wildman–Crippen LogP) is 3.76. The third-order valence-corrected chi connectivity index (χ3v) is 3.23. The normalized spacial score (nSPS) is 20.5. The molecule has 2 nitrogen and oxygen atoms in total. The molecular formula is C15H22O2. The largest absolute Gasteiger partial charge is 0.491 e. The summed E-state index contributed by atoms with van der Waals surface area (Å²) in [6, 6.07) is 8.36. The zero-order chi connectivity index (χ0) is 12.1. The Kier molecular flexibility index (Phi) is 4.43. The van der Waals surface area contributed by atoms with Crippen molar-refractivity contribution >= 4 is 0 Å². The lowest BCUT2D eigenvalue weighted by molar-refractivity contribution is -0.0110. The van der Waals surface area contributed by atoms with Crippen molar-refractivity contribution < 1.29 is 9.47 Å². The van der Waals surface area contributed by atoms with Crippen LogP contribution in [0.4, 0.5) is 0 Å². The van der Waals surface area contributed by atoms with Crippen LogP contribution in [0.2, 0.25) is 0 Å². The average Bonchev–Trinajstić information content (AvgIpc) is 2.38. The number of benzene rings is 1. The van der Waals surface area contributed by atoms with E-state index < -0.39 is 0 Å². The molecule has 1 aromatic rings. The van der Waals surface area contributed by atoms with E-state index in [2.05, 4.69) is 32.0 Å². The van der Waals surface area contributed by atoms with Gasteiger partial charge in [-0.2, -0.15) is 0 Å². The van der Waals surface area contributed by atoms with Crippen LogP contribution in [0.15, 0.2) is 24.3 Å². The van der Waals surface area contributed by atoms with Crippen molar-refractivity contribution in [3.63, 3.8) is 0 Å². The van der Waals surface area contributed by atoms with Gasteiger partial charge in [0.1, 0.15) is 12.4 Å². The minimum Gasteiger partial charge on any atom is -0.491 e. The van der Waals surface area contributed by atoms with Gasteiger partial charge < -0.3 is 9.47 Å². The molecule has 1 aliphatic rings. The Bertz CT molecular complexity index is 341. The van der Waals surface area contributed by atoms with Gasteiger partial charge in [0.15, 0.2) is 0 Å². The maximum Gasteiger partial charge on any atom is 0.119 e. The Balaban J connectivity index is 1.87. The highest BCUT2D eigenvalue weighted by Gasteiger charge is 2.14. The fourth-order valence-electron chi connectivity index (χ4n) is 2.09. The standard InChI is InChI=1S/C15H22O2/c1-12(2)13-6-5-8-14(10-13)17-11-15-7-3-4-9-16-15/h5-6,8,10,12,15H,3-4,7,9,11H2,1-2H3. The van der Waals surface area contributed by atoms with Crippen LogP contribution in [0, 0.1) is 0 Å². The van der Waals surface area contributed by atoms with E-state index >= 15 is 0 Å². The van der Waals surface area contributed by atoms with Crippen molar-refractivity contribution in [2.24, 2.45) is 0 Å². The highest BCUT2D eigenvalue weighted by molar-refractivity contribution is 5.30. The molecule has 0 saturated carbocycles. The van der Waals surface area contributed by atoms with E-state index in [1.807, 2.05) is 6.07 Å². The second-order valence-corrected chi connectivity index (χ2v) is 5.03. The maximum atomic E-state index is 5.81. The Hall–Kier alpha value is -1.02. The number of ether oxygens (including phenoxy) is 2. The van der Waals surface area contributed by atoms with Crippen molar-refractivity contribution in [1.29, 1.82) is 0 Å². The molecule has 0 amide bonds. The zero-order valence-corrected chi connectivity index (χ0v) is 10.8. The molecule has 0 radical (unpaired) electrons. The molecule has 2 heteroatoms. The molecule has 17 heavy (non-hydrogen) atoms. The minimum absolute atomic E-state index is 0.284. The molecule has 1 aromatic carbocycles. The van der Waals surface area contributed by atoms with Crippen LogP contribution >= 0.6 is 0 Å². The molecule has 0 spiro atoms. The lowest BCUT2D eigenvalue weighted by Gasteiger charge is -2.22. The highest BCUT2D eigenvalue weighted by atomic mass is 16.5. The Morgan fingerprint density at radius 2 is 2.24 bits per heavy atom. The van der Waals surface area contributed by atoms with E-state index in [0.29, 0.717) is 12.5 Å². The Morgan fingerprint density at radius 1 is 1.35 bits per heavy atom. The van der Waals surface area contributed by atoms with E-state index in [1.54, 1.807) is 0 Å². The first-order valence-corrected chi connectivity index (χ1v) is 6.60. The van der Waals surface area contributed by atoms with Crippen molar-refractivity contribution in [2.75, 3.05) is 13.2 Å². The van der Waals surface area contributed by atoms with Crippen molar-refractivity contribution in [2.45, 2.75) is 45.1 Å². The zero-order valence-electron chi connectivity index (χ0n) is 10.8. The second-order valence-electron chi connectivity index (χ2n) is 5.03. The smallest absolute Gasteiger partial charge is 0.119 e. The summed E-state index contributed by atoms with van der Waals surface area (Å²) in [6.45, 7) is 5.97. The van der Waals surface area contributed by atoms with E-state index in [-0.39, 0.29) is 6.10 Å². The van der Waals surface area contributed by atoms with E-state index in [0.717, 1.165) is 18.8 Å². The van der Waals surface area contributed by atoms with Gasteiger partial charge >= 0.3 is 0 Å². The van der Waals surface area contributed by atoms with Crippen LogP contribution in [-0.2, 0) is 4.74 Å². The molecule has 0 bridgehead atoms. The third-order valence-electron chi connectivity index (χ3n) is 3.23. The van der Waals surface area contributed by atoms with E-state index in [9.17, 15) is 0 Å². The summed E-state index contributed by atoms with van der Waals surface area (Å²) in [7, 11) is 0. The van der Waals surface area contributed by atoms with Crippen molar-refractivity contribution in [1.82, 2.24) is 0 Å². The summed E-state index contributed by atoms with van der Waals surface area (Å²) < 4.78 is 11.5. The lowest BCUT2D eigenvalue weighted by atomic mass is 10.0. The SMILES string of the molecule is CC(C)c1cccc(OCC2CCCCO2)c1. The highest BCUT2D eigenvalue weighted by Crippen LogP contribution is 2.21. The molecule has 1 saturated heterocycles. The van der Waals surface area contributed by atoms with Gasteiger partial charge in [0.05, 0.1) is 6.10 Å². The Morgan fingerprint density at radius 3 is 2.94 bits per heavy atom. The third kappa shape index (κ3) is 3.74. The van der Waals surface area contributed by atoms with Crippen LogP contribution in [0.1, 0.15) is 44.6 Å². The first-order valence-electron chi connectivity index (χ1n) is 6.60. The predicted molar refractivity (Wildman–Crippen MR) is 69.6 cm³/mol. The quantitative estimate of drug-likeness (QED) is 0.789. The van der Waals surface area contributed by atoms with Gasteiger partial charge in [-0.05, 0) is 42.9 Å². The summed E-state index contributed by atoms with van der Waals surface area (Å²) in [6.07, 6.45) is 3.87. The van der Waals surface area contributed by atoms with E-state index in [4.69, 9.17) is 9.47 Å². The summed E-state index contributed by atoms with van der Waals surface area (Å²) in [5, 5.41) is 0. The van der Waals surface area contributed by atoms with Gasteiger partial charge in [0.2, 0.25) is 0 Å². The van der Waals surface area contributed by atoms with Crippen LogP contribution in [0.25, 0.3) is 0 Å². The minimum atomic E-state index is 0.284. The molecule has 1 unspecified atom stereocenters. The molecule has 0 aromatic heterocycles. The van der Waals surface area contributed by atoms with Crippen LogP contribution < -0.4 is 4.74 Å². The van der Waals surface area contributed by atoms with Crippen LogP contribution in [-0.4, -0.2) is 19.3 Å². The fraction of sp³-hybridized carbons (Fsp3) is 0.600. The fourth-order valence-corrected chi connectivity index (χ4v) is 2.09.